The number of hydrogen-bond donors (Lipinski definition) is 2. The largest absolute Gasteiger partial charge is 0.397 e. The van der Waals surface area contributed by atoms with Crippen LogP contribution in [0.2, 0.25) is 5.02 Å². The lowest BCUT2D eigenvalue weighted by Gasteiger charge is -2.10. The third kappa shape index (κ3) is 4.04. The van der Waals surface area contributed by atoms with Crippen LogP contribution in [0.5, 0.6) is 0 Å². The molecule has 0 bridgehead atoms. The van der Waals surface area contributed by atoms with Gasteiger partial charge in [0.05, 0.1) is 11.4 Å². The van der Waals surface area contributed by atoms with Crippen molar-refractivity contribution < 1.29 is 4.79 Å². The summed E-state index contributed by atoms with van der Waals surface area (Å²) in [5, 5.41) is 4.46. The molecule has 0 radical (unpaired) electrons. The standard InChI is InChI=1S/C28H22ClN3OS/c1-16-7-6-10-22(17(16)2)31-27(33)26-25(30)24-21(18-11-13-20(29)14-12-18)15-23(32-28(24)34-26)19-8-4-3-5-9-19/h3-15H,30H2,1-2H3,(H,31,33). The molecule has 1 amide bonds. The highest BCUT2D eigenvalue weighted by Crippen LogP contribution is 2.41. The summed E-state index contributed by atoms with van der Waals surface area (Å²) in [4.78, 5) is 19.3. The average molecular weight is 484 g/mol. The van der Waals surface area contributed by atoms with Crippen LogP contribution >= 0.6 is 22.9 Å². The fourth-order valence-electron chi connectivity index (χ4n) is 3.97. The molecule has 6 heteroatoms. The number of nitrogens with zero attached hydrogens (tertiary/aromatic N) is 1. The minimum atomic E-state index is -0.238. The first kappa shape index (κ1) is 22.1. The number of aromatic nitrogens is 1. The van der Waals surface area contributed by atoms with Crippen molar-refractivity contribution in [3.63, 3.8) is 0 Å². The van der Waals surface area contributed by atoms with E-state index in [1.54, 1.807) is 0 Å². The van der Waals surface area contributed by atoms with Gasteiger partial charge in [0, 0.05) is 21.7 Å². The fraction of sp³-hybridized carbons (Fsp3) is 0.0714. The number of carbonyl (C=O) groups is 1. The van der Waals surface area contributed by atoms with Crippen LogP contribution in [0.1, 0.15) is 20.8 Å². The molecule has 34 heavy (non-hydrogen) atoms. The minimum Gasteiger partial charge on any atom is -0.397 e. The van der Waals surface area contributed by atoms with Crippen LogP contribution in [0.25, 0.3) is 32.6 Å². The number of pyridine rings is 1. The molecule has 5 rings (SSSR count). The van der Waals surface area contributed by atoms with Gasteiger partial charge in [-0.2, -0.15) is 0 Å². The Balaban J connectivity index is 1.67. The van der Waals surface area contributed by atoms with E-state index in [0.717, 1.165) is 49.4 Å². The lowest BCUT2D eigenvalue weighted by Crippen LogP contribution is -2.13. The predicted molar refractivity (Wildman–Crippen MR) is 144 cm³/mol. The number of thiophene rings is 1. The summed E-state index contributed by atoms with van der Waals surface area (Å²) in [6, 6.07) is 25.5. The summed E-state index contributed by atoms with van der Waals surface area (Å²) in [6.45, 7) is 4.01. The molecular weight excluding hydrogens is 462 g/mol. The normalized spacial score (nSPS) is 11.0. The molecule has 4 nitrogen and oxygen atoms in total. The number of hydrogen-bond acceptors (Lipinski definition) is 4. The van der Waals surface area contributed by atoms with Gasteiger partial charge in [-0.3, -0.25) is 4.79 Å². The quantitative estimate of drug-likeness (QED) is 0.274. The molecule has 0 fully saturated rings. The molecule has 168 valence electrons. The second-order valence-electron chi connectivity index (χ2n) is 8.15. The monoisotopic (exact) mass is 483 g/mol. The summed E-state index contributed by atoms with van der Waals surface area (Å²) in [7, 11) is 0. The Morgan fingerprint density at radius 1 is 0.941 bits per heavy atom. The van der Waals surface area contributed by atoms with Gasteiger partial charge in [0.2, 0.25) is 0 Å². The predicted octanol–water partition coefficient (Wildman–Crippen LogP) is 7.74. The molecule has 0 spiro atoms. The number of fused-ring (bicyclic) bond motifs is 1. The molecule has 2 aromatic heterocycles. The van der Waals surface area contributed by atoms with Gasteiger partial charge in [-0.25, -0.2) is 4.98 Å². The second kappa shape index (κ2) is 8.93. The first-order valence-electron chi connectivity index (χ1n) is 10.8. The number of nitrogens with one attached hydrogen (secondary N) is 1. The smallest absolute Gasteiger partial charge is 0.267 e. The van der Waals surface area contributed by atoms with Gasteiger partial charge >= 0.3 is 0 Å². The topological polar surface area (TPSA) is 68.0 Å². The van der Waals surface area contributed by atoms with Crippen molar-refractivity contribution in [1.82, 2.24) is 4.98 Å². The maximum atomic E-state index is 13.3. The molecular formula is C28H22ClN3OS. The summed E-state index contributed by atoms with van der Waals surface area (Å²) in [5.41, 5.74) is 13.6. The third-order valence-corrected chi connectivity index (χ3v) is 7.33. The van der Waals surface area contributed by atoms with Crippen molar-refractivity contribution in [1.29, 1.82) is 0 Å². The van der Waals surface area contributed by atoms with Crippen molar-refractivity contribution in [3.05, 3.63) is 99.9 Å². The molecule has 0 saturated carbocycles. The number of nitrogens with two attached hydrogens (primary N) is 1. The van der Waals surface area contributed by atoms with Gasteiger partial charge in [-0.05, 0) is 60.4 Å². The molecule has 0 aliphatic heterocycles. The van der Waals surface area contributed by atoms with Crippen LogP contribution in [0.3, 0.4) is 0 Å². The molecule has 0 aliphatic rings. The second-order valence-corrected chi connectivity index (χ2v) is 9.59. The van der Waals surface area contributed by atoms with Crippen molar-refractivity contribution >= 4 is 50.4 Å². The van der Waals surface area contributed by atoms with E-state index >= 15 is 0 Å². The Morgan fingerprint density at radius 3 is 2.41 bits per heavy atom. The first-order valence-corrected chi connectivity index (χ1v) is 12.0. The molecule has 3 N–H and O–H groups in total. The van der Waals surface area contributed by atoms with Crippen molar-refractivity contribution in [3.8, 4) is 22.4 Å². The number of nitrogen functional groups attached to an aromatic ring is 1. The zero-order chi connectivity index (χ0) is 23.8. The average Bonchev–Trinajstić information content (AvgIpc) is 3.19. The molecule has 2 heterocycles. The molecule has 3 aromatic carbocycles. The number of aryl methyl sites for hydroxylation is 1. The zero-order valence-corrected chi connectivity index (χ0v) is 20.3. The highest BCUT2D eigenvalue weighted by Gasteiger charge is 2.22. The van der Waals surface area contributed by atoms with Gasteiger partial charge in [0.1, 0.15) is 9.71 Å². The van der Waals surface area contributed by atoms with Gasteiger partial charge in [-0.1, -0.05) is 66.2 Å². The highest BCUT2D eigenvalue weighted by molar-refractivity contribution is 7.21. The summed E-state index contributed by atoms with van der Waals surface area (Å²) >= 11 is 7.44. The number of halogens is 1. The lowest BCUT2D eigenvalue weighted by atomic mass is 9.99. The Morgan fingerprint density at radius 2 is 1.68 bits per heavy atom. The van der Waals surface area contributed by atoms with Crippen LogP contribution < -0.4 is 11.1 Å². The maximum Gasteiger partial charge on any atom is 0.267 e. The maximum absolute atomic E-state index is 13.3. The molecule has 0 unspecified atom stereocenters. The van der Waals surface area contributed by atoms with E-state index in [4.69, 9.17) is 22.3 Å². The van der Waals surface area contributed by atoms with E-state index in [-0.39, 0.29) is 5.91 Å². The lowest BCUT2D eigenvalue weighted by molar-refractivity contribution is 0.103. The number of rotatable bonds is 4. The Hall–Kier alpha value is -3.67. The van der Waals surface area contributed by atoms with Crippen LogP contribution in [0.4, 0.5) is 11.4 Å². The third-order valence-electron chi connectivity index (χ3n) is 5.98. The Kier molecular flexibility index (Phi) is 5.82. The van der Waals surface area contributed by atoms with Crippen LogP contribution in [0, 0.1) is 13.8 Å². The van der Waals surface area contributed by atoms with E-state index in [0.29, 0.717) is 15.6 Å². The summed E-state index contributed by atoms with van der Waals surface area (Å²) < 4.78 is 0. The Labute approximate surface area is 207 Å². The summed E-state index contributed by atoms with van der Waals surface area (Å²) in [5.74, 6) is -0.238. The number of amides is 1. The van der Waals surface area contributed by atoms with Crippen molar-refractivity contribution in [2.24, 2.45) is 0 Å². The fourth-order valence-corrected chi connectivity index (χ4v) is 5.11. The molecule has 5 aromatic rings. The van der Waals surface area contributed by atoms with Crippen LogP contribution in [-0.4, -0.2) is 10.9 Å². The van der Waals surface area contributed by atoms with E-state index < -0.39 is 0 Å². The van der Waals surface area contributed by atoms with E-state index in [1.807, 2.05) is 92.7 Å². The van der Waals surface area contributed by atoms with E-state index in [9.17, 15) is 4.79 Å². The van der Waals surface area contributed by atoms with Crippen molar-refractivity contribution in [2.75, 3.05) is 11.1 Å². The Bertz CT molecular complexity index is 1530. The number of anilines is 2. The SMILES string of the molecule is Cc1cccc(NC(=O)c2sc3nc(-c4ccccc4)cc(-c4ccc(Cl)cc4)c3c2N)c1C. The molecule has 0 atom stereocenters. The highest BCUT2D eigenvalue weighted by atomic mass is 35.5. The van der Waals surface area contributed by atoms with Crippen LogP contribution in [0.15, 0.2) is 78.9 Å². The van der Waals surface area contributed by atoms with Gasteiger partial charge in [0.15, 0.2) is 0 Å². The summed E-state index contributed by atoms with van der Waals surface area (Å²) in [6.07, 6.45) is 0. The minimum absolute atomic E-state index is 0.238. The van der Waals surface area contributed by atoms with Crippen LogP contribution in [-0.2, 0) is 0 Å². The van der Waals surface area contributed by atoms with E-state index in [1.165, 1.54) is 11.3 Å². The number of carbonyl (C=O) groups excluding carboxylic acids is 1. The van der Waals surface area contributed by atoms with Gasteiger partial charge in [-0.15, -0.1) is 11.3 Å². The molecule has 0 aliphatic carbocycles. The van der Waals surface area contributed by atoms with Gasteiger partial charge in [0.25, 0.3) is 5.91 Å². The van der Waals surface area contributed by atoms with Gasteiger partial charge < -0.3 is 11.1 Å². The van der Waals surface area contributed by atoms with Crippen molar-refractivity contribution in [2.45, 2.75) is 13.8 Å². The molecule has 0 saturated heterocycles. The van der Waals surface area contributed by atoms with E-state index in [2.05, 4.69) is 5.32 Å². The number of benzene rings is 3. The first-order chi connectivity index (χ1) is 16.4. The zero-order valence-electron chi connectivity index (χ0n) is 18.7.